The lowest BCUT2D eigenvalue weighted by Crippen LogP contribution is -2.57. The van der Waals surface area contributed by atoms with Crippen LogP contribution in [0, 0.1) is 17.8 Å². The first-order valence-corrected chi connectivity index (χ1v) is 13.2. The molecule has 4 heterocycles. The van der Waals surface area contributed by atoms with Crippen molar-refractivity contribution in [3.63, 3.8) is 0 Å². The number of nitrogens with zero attached hydrogens (tertiary/aromatic N) is 5. The first-order valence-electron chi connectivity index (χ1n) is 13.2. The summed E-state index contributed by atoms with van der Waals surface area (Å²) in [5.74, 6) is -2.85. The molecule has 3 aliphatic rings. The van der Waals surface area contributed by atoms with Crippen molar-refractivity contribution in [2.24, 2.45) is 17.8 Å². The second-order valence-electron chi connectivity index (χ2n) is 10.6. The second-order valence-corrected chi connectivity index (χ2v) is 10.6. The number of fused-ring (bicyclic) bond motifs is 2. The summed E-state index contributed by atoms with van der Waals surface area (Å²) in [6.07, 6.45) is 2.37. The SMILES string of the molecule is C=CCN(Cn1nnc2ccccc21)C(=O)C1N(CCCO)C(=O)[C@@H]2[C@@H](C(=O)OCC)[C@]3(C)OC12CC3C. The summed E-state index contributed by atoms with van der Waals surface area (Å²) in [6.45, 7) is 9.91. The number of esters is 1. The van der Waals surface area contributed by atoms with E-state index in [1.54, 1.807) is 22.6 Å². The van der Waals surface area contributed by atoms with E-state index in [4.69, 9.17) is 9.47 Å². The zero-order chi connectivity index (χ0) is 27.2. The lowest BCUT2D eigenvalue weighted by Gasteiger charge is -2.37. The van der Waals surface area contributed by atoms with E-state index in [9.17, 15) is 19.5 Å². The molecule has 204 valence electrons. The normalized spacial score (nSPS) is 31.6. The van der Waals surface area contributed by atoms with E-state index in [1.807, 2.05) is 38.1 Å². The molecular formula is C27H35N5O6. The number of amides is 2. The molecule has 3 unspecified atom stereocenters. The Morgan fingerprint density at radius 3 is 2.84 bits per heavy atom. The van der Waals surface area contributed by atoms with Gasteiger partial charge in [0.25, 0.3) is 0 Å². The first-order chi connectivity index (χ1) is 18.2. The van der Waals surface area contributed by atoms with Crippen LogP contribution in [0.3, 0.4) is 0 Å². The number of rotatable bonds is 10. The molecular weight excluding hydrogens is 490 g/mol. The summed E-state index contributed by atoms with van der Waals surface area (Å²) in [7, 11) is 0. The van der Waals surface area contributed by atoms with Gasteiger partial charge in [-0.25, -0.2) is 4.68 Å². The summed E-state index contributed by atoms with van der Waals surface area (Å²) >= 11 is 0. The highest BCUT2D eigenvalue weighted by Crippen LogP contribution is 2.65. The van der Waals surface area contributed by atoms with Crippen molar-refractivity contribution >= 4 is 28.8 Å². The third-order valence-corrected chi connectivity index (χ3v) is 8.53. The highest BCUT2D eigenvalue weighted by Gasteiger charge is 2.80. The number of likely N-dealkylation sites (tertiary alicyclic amines) is 1. The van der Waals surface area contributed by atoms with Crippen molar-refractivity contribution in [2.75, 3.05) is 26.3 Å². The number of carbonyl (C=O) groups excluding carboxylic acids is 3. The van der Waals surface area contributed by atoms with Crippen LogP contribution in [-0.4, -0.2) is 91.2 Å². The molecule has 3 aliphatic heterocycles. The molecule has 1 spiro atoms. The topological polar surface area (TPSA) is 127 Å². The molecule has 2 amide bonds. The molecule has 11 nitrogen and oxygen atoms in total. The van der Waals surface area contributed by atoms with Gasteiger partial charge in [-0.2, -0.15) is 0 Å². The Balaban J connectivity index is 1.55. The van der Waals surface area contributed by atoms with Crippen LogP contribution in [-0.2, 0) is 30.5 Å². The lowest BCUT2D eigenvalue weighted by atomic mass is 9.62. The molecule has 0 radical (unpaired) electrons. The van der Waals surface area contributed by atoms with Gasteiger partial charge in [0.15, 0.2) is 0 Å². The molecule has 5 rings (SSSR count). The van der Waals surface area contributed by atoms with Crippen LogP contribution < -0.4 is 0 Å². The Morgan fingerprint density at radius 2 is 2.13 bits per heavy atom. The second kappa shape index (κ2) is 9.77. The largest absolute Gasteiger partial charge is 0.466 e. The van der Waals surface area contributed by atoms with Gasteiger partial charge in [0.05, 0.1) is 23.6 Å². The minimum Gasteiger partial charge on any atom is -0.466 e. The van der Waals surface area contributed by atoms with Crippen molar-refractivity contribution in [1.29, 1.82) is 0 Å². The molecule has 2 bridgehead atoms. The van der Waals surface area contributed by atoms with Crippen molar-refractivity contribution in [3.8, 4) is 0 Å². The van der Waals surface area contributed by atoms with Crippen LogP contribution in [0.15, 0.2) is 36.9 Å². The molecule has 1 aromatic carbocycles. The molecule has 0 aliphatic carbocycles. The van der Waals surface area contributed by atoms with E-state index >= 15 is 0 Å². The Kier molecular flexibility index (Phi) is 6.77. The summed E-state index contributed by atoms with van der Waals surface area (Å²) in [5.41, 5.74) is -0.639. The van der Waals surface area contributed by atoms with Crippen LogP contribution in [0.1, 0.15) is 33.6 Å². The molecule has 6 atom stereocenters. The average Bonchev–Trinajstić information content (AvgIpc) is 3.56. The number of aliphatic hydroxyl groups excluding tert-OH is 1. The number of benzene rings is 1. The lowest BCUT2D eigenvalue weighted by molar-refractivity contribution is -0.162. The third kappa shape index (κ3) is 3.74. The fourth-order valence-corrected chi connectivity index (χ4v) is 6.82. The number of aliphatic hydroxyl groups is 1. The summed E-state index contributed by atoms with van der Waals surface area (Å²) in [6, 6.07) is 6.50. The van der Waals surface area contributed by atoms with Gasteiger partial charge in [-0.05, 0) is 44.7 Å². The highest BCUT2D eigenvalue weighted by atomic mass is 16.6. The first kappa shape index (κ1) is 26.3. The summed E-state index contributed by atoms with van der Waals surface area (Å²) < 4.78 is 13.7. The highest BCUT2D eigenvalue weighted by molar-refractivity contribution is 5.98. The molecule has 38 heavy (non-hydrogen) atoms. The maximum atomic E-state index is 14.4. The predicted molar refractivity (Wildman–Crippen MR) is 136 cm³/mol. The van der Waals surface area contributed by atoms with Crippen molar-refractivity contribution in [3.05, 3.63) is 36.9 Å². The standard InChI is InChI=1S/C27H35N5O6/c1-5-12-30(16-32-19-11-8-7-10-18(19)28-29-32)24(35)22-27-15-17(3)26(4,38-27)21(25(36)37-6-2)20(27)23(34)31(22)13-9-14-33/h5,7-8,10-11,17,20-22,33H,1,6,9,12-16H2,2-4H3/t17?,20-,21-,22?,26+,27?/m0/s1. The van der Waals surface area contributed by atoms with Crippen LogP contribution in [0.4, 0.5) is 0 Å². The van der Waals surface area contributed by atoms with Crippen molar-refractivity contribution < 1.29 is 29.0 Å². The fourth-order valence-electron chi connectivity index (χ4n) is 6.82. The molecule has 0 saturated carbocycles. The van der Waals surface area contributed by atoms with Crippen LogP contribution in [0.2, 0.25) is 0 Å². The van der Waals surface area contributed by atoms with Gasteiger partial charge >= 0.3 is 5.97 Å². The number of aromatic nitrogens is 3. The smallest absolute Gasteiger partial charge is 0.312 e. The molecule has 3 saturated heterocycles. The zero-order valence-corrected chi connectivity index (χ0v) is 22.1. The minimum absolute atomic E-state index is 0.0823. The van der Waals surface area contributed by atoms with Crippen LogP contribution in [0.25, 0.3) is 11.0 Å². The Labute approximate surface area is 221 Å². The van der Waals surface area contributed by atoms with Gasteiger partial charge in [-0.1, -0.05) is 30.3 Å². The number of para-hydroxylation sites is 1. The molecule has 11 heteroatoms. The minimum atomic E-state index is -1.18. The third-order valence-electron chi connectivity index (χ3n) is 8.53. The van der Waals surface area contributed by atoms with Crippen LogP contribution in [0.5, 0.6) is 0 Å². The molecule has 1 aromatic heterocycles. The number of hydrogen-bond acceptors (Lipinski definition) is 8. The number of carbonyl (C=O) groups is 3. The van der Waals surface area contributed by atoms with E-state index in [0.717, 1.165) is 5.52 Å². The summed E-state index contributed by atoms with van der Waals surface area (Å²) in [5, 5.41) is 18.0. The van der Waals surface area contributed by atoms with Crippen LogP contribution >= 0.6 is 0 Å². The van der Waals surface area contributed by atoms with Gasteiger partial charge in [0.2, 0.25) is 11.8 Å². The quantitative estimate of drug-likeness (QED) is 0.364. The predicted octanol–water partition coefficient (Wildman–Crippen LogP) is 1.36. The van der Waals surface area contributed by atoms with Crippen molar-refractivity contribution in [2.45, 2.75) is 57.5 Å². The number of hydrogen-bond donors (Lipinski definition) is 1. The maximum Gasteiger partial charge on any atom is 0.312 e. The summed E-state index contributed by atoms with van der Waals surface area (Å²) in [4.78, 5) is 44.7. The average molecular weight is 526 g/mol. The van der Waals surface area contributed by atoms with Gasteiger partial charge in [0.1, 0.15) is 29.7 Å². The Bertz CT molecular complexity index is 1260. The van der Waals surface area contributed by atoms with E-state index in [0.29, 0.717) is 18.4 Å². The van der Waals surface area contributed by atoms with E-state index < -0.39 is 35.0 Å². The van der Waals surface area contributed by atoms with E-state index in [2.05, 4.69) is 16.9 Å². The maximum absolute atomic E-state index is 14.4. The van der Waals surface area contributed by atoms with E-state index in [1.165, 1.54) is 4.90 Å². The van der Waals surface area contributed by atoms with Gasteiger partial charge in [-0.15, -0.1) is 11.7 Å². The van der Waals surface area contributed by atoms with Gasteiger partial charge < -0.3 is 24.4 Å². The van der Waals surface area contributed by atoms with Gasteiger partial charge in [-0.3, -0.25) is 14.4 Å². The number of ether oxygens (including phenoxy) is 2. The van der Waals surface area contributed by atoms with Crippen molar-refractivity contribution in [1.82, 2.24) is 24.8 Å². The molecule has 3 fully saturated rings. The van der Waals surface area contributed by atoms with Gasteiger partial charge in [0, 0.05) is 19.7 Å². The Morgan fingerprint density at radius 1 is 1.37 bits per heavy atom. The zero-order valence-electron chi connectivity index (χ0n) is 22.1. The monoisotopic (exact) mass is 525 g/mol. The molecule has 2 aromatic rings. The fraction of sp³-hybridized carbons (Fsp3) is 0.593. The van der Waals surface area contributed by atoms with E-state index in [-0.39, 0.29) is 50.7 Å². The molecule has 1 N–H and O–H groups in total. The Hall–Kier alpha value is -3.31.